The second kappa shape index (κ2) is 11.0. The van der Waals surface area contributed by atoms with Gasteiger partial charge in [0, 0.05) is 18.0 Å². The number of aromatic nitrogens is 8. The van der Waals surface area contributed by atoms with Crippen molar-refractivity contribution in [3.8, 4) is 23.0 Å². The maximum Gasteiger partial charge on any atom is 0.362 e. The Hall–Kier alpha value is -5.08. The average Bonchev–Trinajstić information content (AvgIpc) is 3.71. The third-order valence-corrected chi connectivity index (χ3v) is 7.36. The van der Waals surface area contributed by atoms with Gasteiger partial charge in [-0.15, -0.1) is 5.10 Å². The van der Waals surface area contributed by atoms with Gasteiger partial charge in [-0.25, -0.2) is 9.71 Å². The third-order valence-electron chi connectivity index (χ3n) is 6.48. The van der Waals surface area contributed by atoms with Crippen LogP contribution in [0.1, 0.15) is 16.6 Å². The first-order valence-electron chi connectivity index (χ1n) is 12.5. The molecular weight excluding hydrogens is 588 g/mol. The van der Waals surface area contributed by atoms with Crippen molar-refractivity contribution in [3.63, 3.8) is 0 Å². The Morgan fingerprint density at radius 1 is 1.12 bits per heavy atom. The molecule has 0 saturated carbocycles. The molecule has 6 rings (SSSR count). The predicted molar refractivity (Wildman–Crippen MR) is 144 cm³/mol. The Labute approximate surface area is 241 Å². The number of aromatic hydroxyl groups is 1. The van der Waals surface area contributed by atoms with Crippen molar-refractivity contribution in [2.45, 2.75) is 24.5 Å². The summed E-state index contributed by atoms with van der Waals surface area (Å²) in [6.45, 7) is -0.774. The number of carbonyl (C=O) groups excluding carboxylic acids is 1. The van der Waals surface area contributed by atoms with Gasteiger partial charge < -0.3 is 25.8 Å². The van der Waals surface area contributed by atoms with E-state index in [1.54, 1.807) is 35.4 Å². The molecule has 4 atom stereocenters. The molecule has 0 aliphatic carbocycles. The van der Waals surface area contributed by atoms with Gasteiger partial charge in [-0.1, -0.05) is 17.3 Å². The summed E-state index contributed by atoms with van der Waals surface area (Å²) in [5, 5.41) is 39.3. The molecule has 1 aromatic carbocycles. The van der Waals surface area contributed by atoms with E-state index in [1.165, 1.54) is 39.8 Å². The lowest BCUT2D eigenvalue weighted by molar-refractivity contribution is -0.0468. The predicted octanol–water partition coefficient (Wildman–Crippen LogP) is -0.933. The molecular formula is C24H22N10O8S. The molecule has 4 aromatic heterocycles. The SMILES string of the molecule is Nc1nc(-n2cc(-c3ccncc3)nn2)nc2c1ncn2[C@@H]1O[C@H](COS(=O)(=O)NC(=O)c2ccccc2O)[C@@H](O)[C@H]1O. The van der Waals surface area contributed by atoms with Crippen molar-refractivity contribution in [1.29, 1.82) is 0 Å². The maximum absolute atomic E-state index is 12.4. The number of fused-ring (bicyclic) bond motifs is 1. The fraction of sp³-hybridized carbons (Fsp3) is 0.208. The molecule has 1 fully saturated rings. The van der Waals surface area contributed by atoms with Crippen LogP contribution in [0.25, 0.3) is 28.4 Å². The summed E-state index contributed by atoms with van der Waals surface area (Å²) < 4.78 is 39.5. The highest BCUT2D eigenvalue weighted by atomic mass is 32.2. The zero-order valence-electron chi connectivity index (χ0n) is 21.7. The number of carbonyl (C=O) groups is 1. The van der Waals surface area contributed by atoms with Crippen molar-refractivity contribution < 1.29 is 37.5 Å². The summed E-state index contributed by atoms with van der Waals surface area (Å²) >= 11 is 0. The molecule has 5 heterocycles. The first kappa shape index (κ1) is 28.1. The van der Waals surface area contributed by atoms with Crippen LogP contribution in [0, 0.1) is 0 Å². The molecule has 5 aromatic rings. The quantitative estimate of drug-likeness (QED) is 0.142. The molecule has 0 bridgehead atoms. The number of hydrogen-bond acceptors (Lipinski definition) is 15. The van der Waals surface area contributed by atoms with Crippen LogP contribution in [0.4, 0.5) is 5.82 Å². The summed E-state index contributed by atoms with van der Waals surface area (Å²) in [6.07, 6.45) is 0.216. The summed E-state index contributed by atoms with van der Waals surface area (Å²) in [5.41, 5.74) is 7.37. The summed E-state index contributed by atoms with van der Waals surface area (Å²) in [5.74, 6) is -1.56. The molecule has 19 heteroatoms. The number of pyridine rings is 1. The Balaban J connectivity index is 1.20. The highest BCUT2D eigenvalue weighted by molar-refractivity contribution is 7.85. The smallest absolute Gasteiger partial charge is 0.362 e. The van der Waals surface area contributed by atoms with Crippen LogP contribution >= 0.6 is 0 Å². The Kier molecular flexibility index (Phi) is 7.15. The summed E-state index contributed by atoms with van der Waals surface area (Å²) in [7, 11) is -4.70. The molecule has 222 valence electrons. The number of rotatable bonds is 8. The van der Waals surface area contributed by atoms with Crippen LogP contribution in [-0.2, 0) is 19.2 Å². The molecule has 18 nitrogen and oxygen atoms in total. The van der Waals surface area contributed by atoms with Crippen LogP contribution in [0.3, 0.4) is 0 Å². The topological polar surface area (TPSA) is 256 Å². The molecule has 43 heavy (non-hydrogen) atoms. The molecule has 0 radical (unpaired) electrons. The zero-order chi connectivity index (χ0) is 30.3. The first-order valence-corrected chi connectivity index (χ1v) is 13.9. The molecule has 1 amide bonds. The first-order chi connectivity index (χ1) is 20.6. The highest BCUT2D eigenvalue weighted by Gasteiger charge is 2.45. The van der Waals surface area contributed by atoms with Gasteiger partial charge in [0.2, 0.25) is 0 Å². The zero-order valence-corrected chi connectivity index (χ0v) is 22.6. The van der Waals surface area contributed by atoms with E-state index in [9.17, 15) is 28.5 Å². The standard InChI is InChI=1S/C24H22N10O8S/c25-20-17-21(29-24(28-20)34-9-14(30-32-34)12-5-7-26-8-6-12)33(11-27-17)23-19(37)18(36)16(42-23)10-41-43(39,40)31-22(38)13-3-1-2-4-15(13)35/h1-9,11,16,18-19,23,35-37H,10H2,(H,31,38)(H2,25,28,29)/t16-,18-,19-,23-/m1/s1. The normalized spacial score (nSPS) is 20.4. The summed E-state index contributed by atoms with van der Waals surface area (Å²) in [4.78, 5) is 29.1. The number of nitrogens with two attached hydrogens (primary N) is 1. The second-order valence-corrected chi connectivity index (χ2v) is 10.6. The minimum absolute atomic E-state index is 0.0149. The molecule has 1 saturated heterocycles. The van der Waals surface area contributed by atoms with Gasteiger partial charge in [-0.2, -0.15) is 23.1 Å². The number of nitrogen functional groups attached to an aromatic ring is 1. The fourth-order valence-corrected chi connectivity index (χ4v) is 5.06. The number of imidazole rings is 1. The van der Waals surface area contributed by atoms with Crippen molar-refractivity contribution in [3.05, 3.63) is 66.9 Å². The molecule has 0 unspecified atom stereocenters. The number of para-hydroxylation sites is 1. The fourth-order valence-electron chi connectivity index (χ4n) is 4.35. The minimum Gasteiger partial charge on any atom is -0.507 e. The number of nitrogens with one attached hydrogen (secondary N) is 1. The number of anilines is 1. The van der Waals surface area contributed by atoms with E-state index in [-0.39, 0.29) is 28.5 Å². The van der Waals surface area contributed by atoms with Gasteiger partial charge in [-0.3, -0.25) is 18.5 Å². The number of aliphatic hydroxyl groups excluding tert-OH is 2. The van der Waals surface area contributed by atoms with Gasteiger partial charge in [-0.05, 0) is 24.3 Å². The molecule has 6 N–H and O–H groups in total. The Bertz CT molecular complexity index is 1920. The second-order valence-electron chi connectivity index (χ2n) is 9.25. The van der Waals surface area contributed by atoms with Gasteiger partial charge in [0.25, 0.3) is 11.9 Å². The van der Waals surface area contributed by atoms with E-state index in [2.05, 4.69) is 30.2 Å². The van der Waals surface area contributed by atoms with Crippen molar-refractivity contribution in [1.82, 2.24) is 44.2 Å². The van der Waals surface area contributed by atoms with Gasteiger partial charge >= 0.3 is 10.3 Å². The lowest BCUT2D eigenvalue weighted by atomic mass is 10.1. The minimum atomic E-state index is -4.70. The number of aliphatic hydroxyl groups is 2. The van der Waals surface area contributed by atoms with E-state index >= 15 is 0 Å². The van der Waals surface area contributed by atoms with Crippen LogP contribution in [0.2, 0.25) is 0 Å². The molecule has 1 aliphatic rings. The number of benzene rings is 1. The highest BCUT2D eigenvalue weighted by Crippen LogP contribution is 2.33. The van der Waals surface area contributed by atoms with Crippen LogP contribution in [0.15, 0.2) is 61.3 Å². The van der Waals surface area contributed by atoms with Crippen molar-refractivity contribution >= 4 is 33.2 Å². The van der Waals surface area contributed by atoms with E-state index in [0.717, 1.165) is 5.56 Å². The van der Waals surface area contributed by atoms with E-state index in [0.29, 0.717) is 5.69 Å². The van der Waals surface area contributed by atoms with Crippen molar-refractivity contribution in [2.24, 2.45) is 0 Å². The molecule has 0 spiro atoms. The molecule has 1 aliphatic heterocycles. The number of amides is 1. The average molecular weight is 611 g/mol. The van der Waals surface area contributed by atoms with Crippen LogP contribution < -0.4 is 10.5 Å². The van der Waals surface area contributed by atoms with Gasteiger partial charge in [0.1, 0.15) is 35.3 Å². The van der Waals surface area contributed by atoms with E-state index in [4.69, 9.17) is 14.7 Å². The van der Waals surface area contributed by atoms with E-state index < -0.39 is 53.1 Å². The maximum atomic E-state index is 12.4. The Morgan fingerprint density at radius 2 is 1.88 bits per heavy atom. The number of ether oxygens (including phenoxy) is 1. The van der Waals surface area contributed by atoms with Gasteiger partial charge in [0.05, 0.1) is 24.7 Å². The lowest BCUT2D eigenvalue weighted by Gasteiger charge is -2.16. The van der Waals surface area contributed by atoms with Crippen LogP contribution in [0.5, 0.6) is 5.75 Å². The number of hydrogen-bond donors (Lipinski definition) is 5. The van der Waals surface area contributed by atoms with Crippen LogP contribution in [-0.4, -0.2) is 94.1 Å². The third kappa shape index (κ3) is 5.45. The monoisotopic (exact) mass is 610 g/mol. The largest absolute Gasteiger partial charge is 0.507 e. The summed E-state index contributed by atoms with van der Waals surface area (Å²) in [6, 6.07) is 8.81. The van der Waals surface area contributed by atoms with Gasteiger partial charge in [0.15, 0.2) is 17.7 Å². The lowest BCUT2D eigenvalue weighted by Crippen LogP contribution is -2.37. The van der Waals surface area contributed by atoms with Crippen molar-refractivity contribution in [2.75, 3.05) is 12.3 Å². The van der Waals surface area contributed by atoms with E-state index in [1.807, 2.05) is 0 Å². The number of phenolic OH excluding ortho intramolecular Hbond substituents is 1. The Morgan fingerprint density at radius 3 is 2.65 bits per heavy atom. The number of nitrogens with zero attached hydrogens (tertiary/aromatic N) is 8. The number of phenols is 1.